The van der Waals surface area contributed by atoms with Crippen molar-refractivity contribution in [2.24, 2.45) is 5.92 Å². The van der Waals surface area contributed by atoms with Gasteiger partial charge in [-0.3, -0.25) is 9.59 Å². The third-order valence-electron chi connectivity index (χ3n) is 4.90. The Kier molecular flexibility index (Phi) is 7.52. The summed E-state index contributed by atoms with van der Waals surface area (Å²) in [5, 5.41) is 4.34. The molecule has 0 aliphatic carbocycles. The molecule has 168 valence electrons. The lowest BCUT2D eigenvalue weighted by Gasteiger charge is -2.29. The molecular weight excluding hydrogens is 444 g/mol. The van der Waals surface area contributed by atoms with Gasteiger partial charge in [-0.25, -0.2) is 8.42 Å². The second-order valence-electron chi connectivity index (χ2n) is 6.83. The summed E-state index contributed by atoms with van der Waals surface area (Å²) in [6, 6.07) is 8.20. The zero-order valence-electron chi connectivity index (χ0n) is 17.2. The Labute approximate surface area is 185 Å². The summed E-state index contributed by atoms with van der Waals surface area (Å²) in [7, 11) is -0.546. The number of sulfonamides is 1. The fourth-order valence-electron chi connectivity index (χ4n) is 3.22. The van der Waals surface area contributed by atoms with Gasteiger partial charge in [0.15, 0.2) is 6.61 Å². The summed E-state index contributed by atoms with van der Waals surface area (Å²) in [4.78, 5) is 24.6. The molecule has 1 aliphatic heterocycles. The number of ether oxygens (including phenoxy) is 3. The molecule has 11 heteroatoms. The molecule has 1 aromatic carbocycles. The first kappa shape index (κ1) is 23.0. The van der Waals surface area contributed by atoms with Crippen LogP contribution in [0.1, 0.15) is 12.8 Å². The highest BCUT2D eigenvalue weighted by atomic mass is 32.2. The van der Waals surface area contributed by atoms with Crippen LogP contribution in [-0.2, 0) is 24.3 Å². The molecule has 9 nitrogen and oxygen atoms in total. The molecule has 0 atom stereocenters. The molecule has 0 unspecified atom stereocenters. The van der Waals surface area contributed by atoms with Crippen molar-refractivity contribution in [1.82, 2.24) is 4.31 Å². The van der Waals surface area contributed by atoms with Crippen LogP contribution in [0, 0.1) is 5.92 Å². The summed E-state index contributed by atoms with van der Waals surface area (Å²) in [6.07, 6.45) is 0.684. The van der Waals surface area contributed by atoms with E-state index in [1.54, 1.807) is 35.7 Å². The van der Waals surface area contributed by atoms with Crippen molar-refractivity contribution in [3.05, 3.63) is 35.7 Å². The molecule has 1 aliphatic rings. The number of benzene rings is 1. The third-order valence-corrected chi connectivity index (χ3v) is 8.17. The van der Waals surface area contributed by atoms with Crippen LogP contribution < -0.4 is 14.8 Å². The van der Waals surface area contributed by atoms with Crippen LogP contribution in [-0.4, -0.2) is 58.5 Å². The first-order valence-electron chi connectivity index (χ1n) is 9.57. The molecule has 3 rings (SSSR count). The maximum Gasteiger partial charge on any atom is 0.309 e. The molecule has 1 N–H and O–H groups in total. The molecule has 0 radical (unpaired) electrons. The zero-order chi connectivity index (χ0) is 22.4. The average Bonchev–Trinajstić information content (AvgIpc) is 3.33. The lowest BCUT2D eigenvalue weighted by molar-refractivity contribution is -0.152. The van der Waals surface area contributed by atoms with Gasteiger partial charge in [0.1, 0.15) is 15.7 Å². The Hall–Kier alpha value is -2.63. The second kappa shape index (κ2) is 10.1. The van der Waals surface area contributed by atoms with Crippen molar-refractivity contribution in [2.75, 3.05) is 39.2 Å². The van der Waals surface area contributed by atoms with Crippen molar-refractivity contribution >= 4 is 38.9 Å². The van der Waals surface area contributed by atoms with Crippen molar-refractivity contribution in [2.45, 2.75) is 17.1 Å². The molecular formula is C20H24N2O7S2. The fraction of sp³-hybridized carbons (Fsp3) is 0.400. The largest absolute Gasteiger partial charge is 0.497 e. The van der Waals surface area contributed by atoms with Crippen LogP contribution >= 0.6 is 11.3 Å². The van der Waals surface area contributed by atoms with Gasteiger partial charge in [-0.1, -0.05) is 6.07 Å². The van der Waals surface area contributed by atoms with Gasteiger partial charge >= 0.3 is 5.97 Å². The second-order valence-corrected chi connectivity index (χ2v) is 9.95. The topological polar surface area (TPSA) is 111 Å². The van der Waals surface area contributed by atoms with Crippen molar-refractivity contribution < 1.29 is 32.2 Å². The highest BCUT2D eigenvalue weighted by Crippen LogP contribution is 2.29. The molecule has 2 heterocycles. The van der Waals surface area contributed by atoms with Gasteiger partial charge < -0.3 is 19.5 Å². The number of amides is 1. The molecule has 1 aromatic heterocycles. The Morgan fingerprint density at radius 1 is 1.16 bits per heavy atom. The maximum absolute atomic E-state index is 12.6. The number of anilines is 1. The quantitative estimate of drug-likeness (QED) is 0.592. The first-order chi connectivity index (χ1) is 14.8. The van der Waals surface area contributed by atoms with Gasteiger partial charge in [0.25, 0.3) is 15.9 Å². The Morgan fingerprint density at radius 2 is 1.90 bits per heavy atom. The minimum atomic E-state index is -3.53. The van der Waals surface area contributed by atoms with E-state index in [1.807, 2.05) is 0 Å². The number of carbonyl (C=O) groups excluding carboxylic acids is 2. The minimum Gasteiger partial charge on any atom is -0.497 e. The van der Waals surface area contributed by atoms with Gasteiger partial charge in [0.2, 0.25) is 0 Å². The smallest absolute Gasteiger partial charge is 0.309 e. The first-order valence-corrected chi connectivity index (χ1v) is 11.9. The van der Waals surface area contributed by atoms with E-state index in [0.29, 0.717) is 30.0 Å². The van der Waals surface area contributed by atoms with Crippen molar-refractivity contribution in [3.8, 4) is 11.5 Å². The number of nitrogens with zero attached hydrogens (tertiary/aromatic N) is 1. The molecule has 1 amide bonds. The van der Waals surface area contributed by atoms with Crippen molar-refractivity contribution in [3.63, 3.8) is 0 Å². The van der Waals surface area contributed by atoms with Gasteiger partial charge in [-0.2, -0.15) is 4.31 Å². The number of methoxy groups -OCH3 is 2. The molecule has 0 bridgehead atoms. The number of hydrogen-bond donors (Lipinski definition) is 1. The van der Waals surface area contributed by atoms with Gasteiger partial charge in [-0.05, 0) is 36.4 Å². The lowest BCUT2D eigenvalue weighted by atomic mass is 9.98. The number of esters is 1. The fourth-order valence-corrected chi connectivity index (χ4v) is 5.84. The number of piperidine rings is 1. The Bertz CT molecular complexity index is 1010. The predicted molar refractivity (Wildman–Crippen MR) is 115 cm³/mol. The van der Waals surface area contributed by atoms with Crippen LogP contribution in [0.2, 0.25) is 0 Å². The summed E-state index contributed by atoms with van der Waals surface area (Å²) >= 11 is 1.16. The standard InChI is InChI=1S/C20H24N2O7S2/c1-27-15-5-6-17(28-2)16(12-15)21-18(23)13-29-20(24)14-7-9-22(10-8-14)31(25,26)19-4-3-11-30-19/h3-6,11-12,14H,7-10,13H2,1-2H3,(H,21,23). The van der Waals surface area contributed by atoms with Gasteiger partial charge in [-0.15, -0.1) is 11.3 Å². The van der Waals surface area contributed by atoms with Crippen LogP contribution in [0.15, 0.2) is 39.9 Å². The van der Waals surface area contributed by atoms with Gasteiger partial charge in [0, 0.05) is 19.2 Å². The van der Waals surface area contributed by atoms with E-state index in [9.17, 15) is 18.0 Å². The number of carbonyl (C=O) groups is 2. The monoisotopic (exact) mass is 468 g/mol. The van der Waals surface area contributed by atoms with E-state index >= 15 is 0 Å². The third kappa shape index (κ3) is 5.54. The highest BCUT2D eigenvalue weighted by molar-refractivity contribution is 7.91. The average molecular weight is 469 g/mol. The maximum atomic E-state index is 12.6. The van der Waals surface area contributed by atoms with E-state index in [0.717, 1.165) is 11.3 Å². The molecule has 31 heavy (non-hydrogen) atoms. The van der Waals surface area contributed by atoms with Gasteiger partial charge in [0.05, 0.1) is 25.8 Å². The lowest BCUT2D eigenvalue weighted by Crippen LogP contribution is -2.40. The number of thiophene rings is 1. The highest BCUT2D eigenvalue weighted by Gasteiger charge is 2.33. The van der Waals surface area contributed by atoms with E-state index < -0.39 is 34.4 Å². The number of hydrogen-bond acceptors (Lipinski definition) is 8. The molecule has 2 aromatic rings. The Morgan fingerprint density at radius 3 is 2.52 bits per heavy atom. The Balaban J connectivity index is 1.49. The summed E-state index contributed by atoms with van der Waals surface area (Å²) < 4.78 is 42.3. The molecule has 1 saturated heterocycles. The number of nitrogens with one attached hydrogen (secondary N) is 1. The van der Waals surface area contributed by atoms with E-state index in [-0.39, 0.29) is 17.3 Å². The van der Waals surface area contributed by atoms with E-state index in [4.69, 9.17) is 14.2 Å². The molecule has 0 spiro atoms. The van der Waals surface area contributed by atoms with E-state index in [2.05, 4.69) is 5.32 Å². The summed E-state index contributed by atoms with van der Waals surface area (Å²) in [6.45, 7) is 0.00726. The van der Waals surface area contributed by atoms with E-state index in [1.165, 1.54) is 18.5 Å². The normalized spacial score (nSPS) is 15.3. The number of rotatable bonds is 8. The summed E-state index contributed by atoms with van der Waals surface area (Å²) in [5.41, 5.74) is 0.398. The van der Waals surface area contributed by atoms with Crippen molar-refractivity contribution in [1.29, 1.82) is 0 Å². The molecule has 0 saturated carbocycles. The SMILES string of the molecule is COc1ccc(OC)c(NC(=O)COC(=O)C2CCN(S(=O)(=O)c3cccs3)CC2)c1. The zero-order valence-corrected chi connectivity index (χ0v) is 18.8. The summed E-state index contributed by atoms with van der Waals surface area (Å²) in [5.74, 6) is -0.496. The van der Waals surface area contributed by atoms with Crippen LogP contribution in [0.4, 0.5) is 5.69 Å². The van der Waals surface area contributed by atoms with Crippen LogP contribution in [0.3, 0.4) is 0 Å². The predicted octanol–water partition coefficient (Wildman–Crippen LogP) is 2.35. The minimum absolute atomic E-state index is 0.229. The van der Waals surface area contributed by atoms with Crippen LogP contribution in [0.25, 0.3) is 0 Å². The molecule has 1 fully saturated rings. The van der Waals surface area contributed by atoms with Crippen LogP contribution in [0.5, 0.6) is 11.5 Å².